The van der Waals surface area contributed by atoms with Crippen LogP contribution >= 0.6 is 0 Å². The summed E-state index contributed by atoms with van der Waals surface area (Å²) in [5.41, 5.74) is 3.72. The first-order valence-corrected chi connectivity index (χ1v) is 6.75. The van der Waals surface area contributed by atoms with Gasteiger partial charge in [-0.05, 0) is 17.7 Å². The van der Waals surface area contributed by atoms with Gasteiger partial charge < -0.3 is 11.1 Å². The van der Waals surface area contributed by atoms with Crippen LogP contribution in [-0.2, 0) is 6.18 Å². The van der Waals surface area contributed by atoms with E-state index in [-0.39, 0.29) is 23.1 Å². The van der Waals surface area contributed by atoms with Crippen molar-refractivity contribution in [3.05, 3.63) is 53.8 Å². The fraction of sp³-hybridized carbons (Fsp3) is 0.0667. The quantitative estimate of drug-likeness (QED) is 0.632. The molecule has 3 rings (SSSR count). The van der Waals surface area contributed by atoms with Crippen molar-refractivity contribution in [3.63, 3.8) is 0 Å². The lowest BCUT2D eigenvalue weighted by atomic mass is 9.98. The van der Waals surface area contributed by atoms with Gasteiger partial charge in [0.25, 0.3) is 0 Å². The molecule has 0 bridgehead atoms. The first kappa shape index (κ1) is 15.8. The number of nitrogen functional groups attached to an aromatic ring is 1. The highest BCUT2D eigenvalue weighted by atomic mass is 19.4. The van der Waals surface area contributed by atoms with E-state index in [1.807, 2.05) is 0 Å². The molecule has 0 unspecified atom stereocenters. The zero-order valence-electron chi connectivity index (χ0n) is 12.0. The molecule has 124 valence electrons. The lowest BCUT2D eigenvalue weighted by Crippen LogP contribution is -2.10. The molecule has 1 heterocycles. The first-order chi connectivity index (χ1) is 11.3. The van der Waals surface area contributed by atoms with E-state index in [0.717, 1.165) is 12.1 Å². The van der Waals surface area contributed by atoms with Gasteiger partial charge >= 0.3 is 6.18 Å². The van der Waals surface area contributed by atoms with Crippen LogP contribution in [0.4, 0.5) is 35.1 Å². The van der Waals surface area contributed by atoms with Gasteiger partial charge in [0, 0.05) is 11.3 Å². The molecule has 4 N–H and O–H groups in total. The molecule has 2 aromatic carbocycles. The molecular weight excluding hydrogens is 326 g/mol. The van der Waals surface area contributed by atoms with Crippen molar-refractivity contribution in [3.8, 4) is 11.1 Å². The number of rotatable bonds is 3. The summed E-state index contributed by atoms with van der Waals surface area (Å²) in [6.45, 7) is 0. The Hall–Kier alpha value is -3.10. The van der Waals surface area contributed by atoms with Crippen LogP contribution in [0.5, 0.6) is 0 Å². The van der Waals surface area contributed by atoms with E-state index < -0.39 is 23.1 Å². The van der Waals surface area contributed by atoms with Crippen LogP contribution in [0.15, 0.2) is 42.5 Å². The number of halogens is 4. The van der Waals surface area contributed by atoms with Crippen LogP contribution < -0.4 is 11.1 Å². The summed E-state index contributed by atoms with van der Waals surface area (Å²) in [5, 5.41) is 8.44. The highest BCUT2D eigenvalue weighted by molar-refractivity contribution is 5.72. The summed E-state index contributed by atoms with van der Waals surface area (Å²) in [4.78, 5) is 3.70. The maximum atomic E-state index is 14.4. The average molecular weight is 337 g/mol. The molecule has 0 saturated heterocycles. The molecule has 0 radical (unpaired) electrons. The number of benzene rings is 2. The summed E-state index contributed by atoms with van der Waals surface area (Å²) in [7, 11) is 0. The third kappa shape index (κ3) is 3.14. The minimum Gasteiger partial charge on any atom is -0.368 e. The Labute approximate surface area is 133 Å². The number of hydrogen-bond acceptors (Lipinski definition) is 4. The highest BCUT2D eigenvalue weighted by Gasteiger charge is 2.35. The van der Waals surface area contributed by atoms with Crippen LogP contribution in [0.25, 0.3) is 11.1 Å². The standard InChI is InChI=1S/C15H11F4N5/c16-11-7-9(21-14-22-13(20)23-24-14)6-10(15(17,18)19)12(11)8-4-2-1-3-5-8/h1-7H,(H4,20,21,22,23,24). The van der Waals surface area contributed by atoms with Crippen LogP contribution in [-0.4, -0.2) is 15.2 Å². The van der Waals surface area contributed by atoms with Gasteiger partial charge in [-0.1, -0.05) is 30.3 Å². The Bertz CT molecular complexity index is 858. The molecule has 0 aliphatic rings. The molecule has 0 saturated carbocycles. The topological polar surface area (TPSA) is 79.6 Å². The maximum absolute atomic E-state index is 14.4. The molecule has 1 aromatic heterocycles. The van der Waals surface area contributed by atoms with Gasteiger partial charge in [0.15, 0.2) is 0 Å². The minimum atomic E-state index is -4.73. The van der Waals surface area contributed by atoms with Crippen LogP contribution in [0, 0.1) is 5.82 Å². The molecule has 9 heteroatoms. The molecule has 0 fully saturated rings. The number of hydrogen-bond donors (Lipinski definition) is 3. The largest absolute Gasteiger partial charge is 0.417 e. The molecule has 0 atom stereocenters. The second-order valence-electron chi connectivity index (χ2n) is 4.91. The molecule has 5 nitrogen and oxygen atoms in total. The smallest absolute Gasteiger partial charge is 0.368 e. The van der Waals surface area contributed by atoms with Crippen LogP contribution in [0.2, 0.25) is 0 Å². The third-order valence-electron chi connectivity index (χ3n) is 3.22. The number of nitrogens with zero attached hydrogens (tertiary/aromatic N) is 2. The highest BCUT2D eigenvalue weighted by Crippen LogP contribution is 2.40. The lowest BCUT2D eigenvalue weighted by Gasteiger charge is -2.16. The second-order valence-corrected chi connectivity index (χ2v) is 4.91. The minimum absolute atomic E-state index is 0.0186. The Morgan fingerprint density at radius 3 is 2.38 bits per heavy atom. The van der Waals surface area contributed by atoms with Crippen molar-refractivity contribution in [1.82, 2.24) is 15.2 Å². The van der Waals surface area contributed by atoms with Crippen molar-refractivity contribution in [1.29, 1.82) is 0 Å². The van der Waals surface area contributed by atoms with Crippen molar-refractivity contribution >= 4 is 17.6 Å². The summed E-state index contributed by atoms with van der Waals surface area (Å²) >= 11 is 0. The van der Waals surface area contributed by atoms with Gasteiger partial charge in [-0.2, -0.15) is 18.2 Å². The fourth-order valence-corrected chi connectivity index (χ4v) is 2.26. The zero-order valence-corrected chi connectivity index (χ0v) is 12.0. The van der Waals surface area contributed by atoms with Gasteiger partial charge in [-0.3, -0.25) is 0 Å². The van der Waals surface area contributed by atoms with Gasteiger partial charge in [-0.15, -0.1) is 5.10 Å². The van der Waals surface area contributed by atoms with E-state index in [4.69, 9.17) is 5.73 Å². The number of anilines is 3. The van der Waals surface area contributed by atoms with Crippen molar-refractivity contribution in [2.45, 2.75) is 6.18 Å². The summed E-state index contributed by atoms with van der Waals surface area (Å²) < 4.78 is 54.6. The van der Waals surface area contributed by atoms with E-state index >= 15 is 0 Å². The Morgan fingerprint density at radius 1 is 1.08 bits per heavy atom. The normalized spacial score (nSPS) is 11.5. The average Bonchev–Trinajstić information content (AvgIpc) is 2.92. The Kier molecular flexibility index (Phi) is 3.84. The van der Waals surface area contributed by atoms with Gasteiger partial charge in [0.1, 0.15) is 5.82 Å². The van der Waals surface area contributed by atoms with E-state index in [1.165, 1.54) is 24.3 Å². The van der Waals surface area contributed by atoms with Crippen molar-refractivity contribution in [2.24, 2.45) is 0 Å². The van der Waals surface area contributed by atoms with E-state index in [1.54, 1.807) is 6.07 Å². The third-order valence-corrected chi connectivity index (χ3v) is 3.22. The Balaban J connectivity index is 2.11. The van der Waals surface area contributed by atoms with Crippen LogP contribution in [0.3, 0.4) is 0 Å². The van der Waals surface area contributed by atoms with Gasteiger partial charge in [-0.25, -0.2) is 9.49 Å². The van der Waals surface area contributed by atoms with E-state index in [9.17, 15) is 17.6 Å². The summed E-state index contributed by atoms with van der Waals surface area (Å²) in [6.07, 6.45) is -4.73. The number of alkyl halides is 3. The SMILES string of the molecule is Nc1nc(Nc2cc(F)c(-c3ccccc3)c(C(F)(F)F)c2)n[nH]1. The van der Waals surface area contributed by atoms with E-state index in [2.05, 4.69) is 20.5 Å². The predicted octanol–water partition coefficient (Wildman–Crippen LogP) is 3.96. The molecule has 0 aliphatic heterocycles. The number of nitrogens with two attached hydrogens (primary N) is 1. The predicted molar refractivity (Wildman–Crippen MR) is 80.9 cm³/mol. The molecule has 0 spiro atoms. The molecule has 24 heavy (non-hydrogen) atoms. The summed E-state index contributed by atoms with van der Waals surface area (Å²) in [6, 6.07) is 9.29. The fourth-order valence-electron chi connectivity index (χ4n) is 2.26. The summed E-state index contributed by atoms with van der Waals surface area (Å²) in [5.74, 6) is -1.09. The molecule has 0 aliphatic carbocycles. The monoisotopic (exact) mass is 337 g/mol. The first-order valence-electron chi connectivity index (χ1n) is 6.75. The number of nitrogens with one attached hydrogen (secondary N) is 2. The van der Waals surface area contributed by atoms with Gasteiger partial charge in [0.2, 0.25) is 11.9 Å². The van der Waals surface area contributed by atoms with Gasteiger partial charge in [0.05, 0.1) is 5.56 Å². The maximum Gasteiger partial charge on any atom is 0.417 e. The van der Waals surface area contributed by atoms with Crippen molar-refractivity contribution in [2.75, 3.05) is 11.1 Å². The number of H-pyrrole nitrogens is 1. The zero-order chi connectivity index (χ0) is 17.3. The molecule has 0 amide bonds. The van der Waals surface area contributed by atoms with E-state index in [0.29, 0.717) is 0 Å². The number of aromatic nitrogens is 3. The molecular formula is C15H11F4N5. The lowest BCUT2D eigenvalue weighted by molar-refractivity contribution is -0.137. The number of aromatic amines is 1. The van der Waals surface area contributed by atoms with Crippen molar-refractivity contribution < 1.29 is 17.6 Å². The second kappa shape index (κ2) is 5.84. The Morgan fingerprint density at radius 2 is 1.79 bits per heavy atom. The molecule has 3 aromatic rings. The van der Waals surface area contributed by atoms with Crippen LogP contribution in [0.1, 0.15) is 5.56 Å².